The maximum Gasteiger partial charge on any atom is 0.227 e. The molecule has 0 bridgehead atoms. The molecule has 0 saturated heterocycles. The average molecular weight is 592 g/mol. The predicted octanol–water partition coefficient (Wildman–Crippen LogP) is 10.9. The number of benzene rings is 6. The highest BCUT2D eigenvalue weighted by molar-refractivity contribution is 6.06. The molecule has 0 atom stereocenters. The predicted molar refractivity (Wildman–Crippen MR) is 184 cm³/mol. The van der Waals surface area contributed by atoms with Gasteiger partial charge in [-0.25, -0.2) is 15.0 Å². The maximum absolute atomic E-state index is 6.10. The van der Waals surface area contributed by atoms with Crippen molar-refractivity contribution in [3.63, 3.8) is 0 Å². The van der Waals surface area contributed by atoms with Crippen LogP contribution in [0, 0.1) is 0 Å². The molecule has 0 N–H and O–H groups in total. The van der Waals surface area contributed by atoms with Crippen molar-refractivity contribution >= 4 is 33.0 Å². The molecular formula is C41H25N3O2. The van der Waals surface area contributed by atoms with E-state index in [1.54, 1.807) is 0 Å². The van der Waals surface area contributed by atoms with Crippen LogP contribution in [0.25, 0.3) is 89.5 Å². The number of hydrogen-bond acceptors (Lipinski definition) is 5. The summed E-state index contributed by atoms with van der Waals surface area (Å²) in [6.45, 7) is 0. The molecule has 0 amide bonds. The first-order valence-electron chi connectivity index (χ1n) is 15.2. The highest BCUT2D eigenvalue weighted by atomic mass is 16.3. The Hall–Kier alpha value is -6.33. The molecule has 0 radical (unpaired) electrons. The molecule has 0 aliphatic carbocycles. The number of aromatic nitrogens is 3. The van der Waals surface area contributed by atoms with Gasteiger partial charge < -0.3 is 8.83 Å². The van der Waals surface area contributed by atoms with Crippen LogP contribution in [0.5, 0.6) is 0 Å². The van der Waals surface area contributed by atoms with Gasteiger partial charge in [-0.2, -0.15) is 0 Å². The summed E-state index contributed by atoms with van der Waals surface area (Å²) in [5.41, 5.74) is 11.1. The van der Waals surface area contributed by atoms with E-state index in [-0.39, 0.29) is 0 Å². The number of nitrogens with zero attached hydrogens (tertiary/aromatic N) is 3. The molecule has 216 valence electrons. The molecule has 5 nitrogen and oxygen atoms in total. The van der Waals surface area contributed by atoms with Crippen LogP contribution in [0.1, 0.15) is 0 Å². The Morgan fingerprint density at radius 2 is 0.935 bits per heavy atom. The van der Waals surface area contributed by atoms with Gasteiger partial charge in [-0.3, -0.25) is 0 Å². The molecule has 0 aliphatic rings. The normalized spacial score (nSPS) is 11.5. The monoisotopic (exact) mass is 591 g/mol. The topological polar surface area (TPSA) is 65.0 Å². The van der Waals surface area contributed by atoms with E-state index in [0.717, 1.165) is 72.2 Å². The zero-order valence-corrected chi connectivity index (χ0v) is 24.6. The minimum atomic E-state index is 0.593. The second-order valence-corrected chi connectivity index (χ2v) is 11.3. The fraction of sp³-hybridized carbons (Fsp3) is 0. The van der Waals surface area contributed by atoms with Gasteiger partial charge in [-0.15, -0.1) is 0 Å². The molecule has 3 aromatic heterocycles. The molecule has 6 aromatic carbocycles. The lowest BCUT2D eigenvalue weighted by atomic mass is 10.0. The van der Waals surface area contributed by atoms with Gasteiger partial charge in [0.2, 0.25) is 5.89 Å². The van der Waals surface area contributed by atoms with Crippen molar-refractivity contribution in [2.24, 2.45) is 0 Å². The van der Waals surface area contributed by atoms with E-state index in [1.165, 1.54) is 5.56 Å². The van der Waals surface area contributed by atoms with Gasteiger partial charge in [0, 0.05) is 33.0 Å². The second kappa shape index (κ2) is 10.7. The number of furan rings is 1. The van der Waals surface area contributed by atoms with Crippen molar-refractivity contribution < 1.29 is 8.83 Å². The molecular weight excluding hydrogens is 566 g/mol. The molecule has 0 saturated carbocycles. The third kappa shape index (κ3) is 4.62. The molecule has 5 heteroatoms. The van der Waals surface area contributed by atoms with E-state index >= 15 is 0 Å². The van der Waals surface area contributed by atoms with Crippen LogP contribution in [0.2, 0.25) is 0 Å². The van der Waals surface area contributed by atoms with Crippen molar-refractivity contribution in [3.8, 4) is 56.5 Å². The molecule has 0 unspecified atom stereocenters. The van der Waals surface area contributed by atoms with Gasteiger partial charge in [0.1, 0.15) is 16.7 Å². The van der Waals surface area contributed by atoms with Crippen LogP contribution in [0.4, 0.5) is 0 Å². The standard InChI is InChI=1S/C41H25N3O2/c1-2-8-26(9-3-1)27-14-18-29(19-15-27)40-42-35(28-16-20-30(21-17-28)41-44-34-11-5-7-13-39(34)46-41)25-36(43-40)31-22-23-38-33(24-31)32-10-4-6-12-37(32)45-38/h1-25H. The lowest BCUT2D eigenvalue weighted by Gasteiger charge is -2.10. The Balaban J connectivity index is 1.15. The summed E-state index contributed by atoms with van der Waals surface area (Å²) in [7, 11) is 0. The van der Waals surface area contributed by atoms with E-state index < -0.39 is 0 Å². The van der Waals surface area contributed by atoms with E-state index in [4.69, 9.17) is 18.8 Å². The second-order valence-electron chi connectivity index (χ2n) is 11.3. The summed E-state index contributed by atoms with van der Waals surface area (Å²) in [5, 5.41) is 2.14. The Labute approximate surface area is 264 Å². The fourth-order valence-corrected chi connectivity index (χ4v) is 5.98. The Morgan fingerprint density at radius 1 is 0.348 bits per heavy atom. The third-order valence-corrected chi connectivity index (χ3v) is 8.37. The minimum absolute atomic E-state index is 0.593. The largest absolute Gasteiger partial charge is 0.456 e. The number of oxazole rings is 1. The summed E-state index contributed by atoms with van der Waals surface area (Å²) in [4.78, 5) is 14.8. The van der Waals surface area contributed by atoms with Crippen LogP contribution in [-0.4, -0.2) is 15.0 Å². The van der Waals surface area contributed by atoms with Crippen LogP contribution >= 0.6 is 0 Å². The summed E-state index contributed by atoms with van der Waals surface area (Å²) >= 11 is 0. The van der Waals surface area contributed by atoms with Gasteiger partial charge in [-0.05, 0) is 65.7 Å². The molecule has 46 heavy (non-hydrogen) atoms. The van der Waals surface area contributed by atoms with Crippen molar-refractivity contribution in [2.75, 3.05) is 0 Å². The van der Waals surface area contributed by atoms with Crippen molar-refractivity contribution in [1.29, 1.82) is 0 Å². The fourth-order valence-electron chi connectivity index (χ4n) is 5.98. The van der Waals surface area contributed by atoms with E-state index in [1.807, 2.05) is 66.7 Å². The van der Waals surface area contributed by atoms with Gasteiger partial charge in [-0.1, -0.05) is 97.1 Å². The maximum atomic E-state index is 6.10. The average Bonchev–Trinajstić information content (AvgIpc) is 3.74. The van der Waals surface area contributed by atoms with Gasteiger partial charge in [0.25, 0.3) is 0 Å². The van der Waals surface area contributed by atoms with Gasteiger partial charge in [0.05, 0.1) is 11.4 Å². The minimum Gasteiger partial charge on any atom is -0.456 e. The number of fused-ring (bicyclic) bond motifs is 4. The van der Waals surface area contributed by atoms with Gasteiger partial charge >= 0.3 is 0 Å². The molecule has 0 spiro atoms. The van der Waals surface area contributed by atoms with Crippen LogP contribution in [0.3, 0.4) is 0 Å². The number of rotatable bonds is 5. The quantitative estimate of drug-likeness (QED) is 0.199. The Morgan fingerprint density at radius 3 is 1.74 bits per heavy atom. The lowest BCUT2D eigenvalue weighted by molar-refractivity contribution is 0.620. The smallest absolute Gasteiger partial charge is 0.227 e. The summed E-state index contributed by atoms with van der Waals surface area (Å²) in [5.74, 6) is 1.25. The summed E-state index contributed by atoms with van der Waals surface area (Å²) in [6, 6.07) is 51.2. The SMILES string of the molecule is c1ccc(-c2ccc(-c3nc(-c4ccc(-c5nc6ccccc6o5)cc4)cc(-c4ccc5oc6ccccc6c5c4)n3)cc2)cc1. The Bertz CT molecular complexity index is 2480. The first kappa shape index (κ1) is 26.1. The van der Waals surface area contributed by atoms with E-state index in [0.29, 0.717) is 11.7 Å². The molecule has 9 rings (SSSR count). The number of para-hydroxylation sites is 3. The highest BCUT2D eigenvalue weighted by Gasteiger charge is 2.15. The third-order valence-electron chi connectivity index (χ3n) is 8.37. The zero-order chi connectivity index (χ0) is 30.5. The first-order chi connectivity index (χ1) is 22.7. The first-order valence-corrected chi connectivity index (χ1v) is 15.2. The van der Waals surface area contributed by atoms with Crippen molar-refractivity contribution in [2.45, 2.75) is 0 Å². The van der Waals surface area contributed by atoms with Crippen molar-refractivity contribution in [3.05, 3.63) is 152 Å². The lowest BCUT2D eigenvalue weighted by Crippen LogP contribution is -1.96. The highest BCUT2D eigenvalue weighted by Crippen LogP contribution is 2.35. The summed E-state index contributed by atoms with van der Waals surface area (Å²) in [6.07, 6.45) is 0. The van der Waals surface area contributed by atoms with Crippen LogP contribution in [0.15, 0.2) is 160 Å². The summed E-state index contributed by atoms with van der Waals surface area (Å²) < 4.78 is 12.1. The van der Waals surface area contributed by atoms with Crippen LogP contribution in [-0.2, 0) is 0 Å². The molecule has 0 aliphatic heterocycles. The molecule has 3 heterocycles. The Kier molecular flexibility index (Phi) is 6.06. The van der Waals surface area contributed by atoms with E-state index in [9.17, 15) is 0 Å². The zero-order valence-electron chi connectivity index (χ0n) is 24.6. The van der Waals surface area contributed by atoms with E-state index in [2.05, 4.69) is 89.9 Å². The van der Waals surface area contributed by atoms with Crippen LogP contribution < -0.4 is 0 Å². The van der Waals surface area contributed by atoms with Gasteiger partial charge in [0.15, 0.2) is 11.4 Å². The van der Waals surface area contributed by atoms with Crippen molar-refractivity contribution in [1.82, 2.24) is 15.0 Å². The number of hydrogen-bond donors (Lipinski definition) is 0. The molecule has 9 aromatic rings. The molecule has 0 fully saturated rings.